The summed E-state index contributed by atoms with van der Waals surface area (Å²) in [6, 6.07) is 4.23. The van der Waals surface area contributed by atoms with Crippen molar-refractivity contribution < 1.29 is 4.39 Å². The molecule has 1 unspecified atom stereocenters. The summed E-state index contributed by atoms with van der Waals surface area (Å²) in [5.41, 5.74) is 7.81. The van der Waals surface area contributed by atoms with E-state index < -0.39 is 6.04 Å². The van der Waals surface area contributed by atoms with Gasteiger partial charge in [-0.3, -0.25) is 4.68 Å². The molecule has 0 amide bonds. The highest BCUT2D eigenvalue weighted by Gasteiger charge is 2.21. The summed E-state index contributed by atoms with van der Waals surface area (Å²) in [5.74, 6) is -0.305. The lowest BCUT2D eigenvalue weighted by molar-refractivity contribution is 0.497. The van der Waals surface area contributed by atoms with Crippen LogP contribution in [0.25, 0.3) is 0 Å². The van der Waals surface area contributed by atoms with E-state index in [-0.39, 0.29) is 11.9 Å². The second-order valence-corrected chi connectivity index (χ2v) is 6.27. The third-order valence-corrected chi connectivity index (χ3v) is 4.20. The molecule has 2 rings (SSSR count). The first-order chi connectivity index (χ1) is 8.91. The van der Waals surface area contributed by atoms with Crippen molar-refractivity contribution in [3.8, 4) is 0 Å². The third-order valence-electron chi connectivity index (χ3n) is 2.86. The lowest BCUT2D eigenvalue weighted by Crippen LogP contribution is -2.19. The first-order valence-electron chi connectivity index (χ1n) is 5.85. The minimum atomic E-state index is -0.454. The number of nitrogens with two attached hydrogens (primary N) is 1. The molecule has 2 aromatic rings. The summed E-state index contributed by atoms with van der Waals surface area (Å²) in [4.78, 5) is 0. The first-order valence-corrected chi connectivity index (χ1v) is 7.44. The van der Waals surface area contributed by atoms with Crippen LogP contribution in [0.4, 0.5) is 4.39 Å². The molecule has 0 bridgehead atoms. The minimum absolute atomic E-state index is 0.180. The summed E-state index contributed by atoms with van der Waals surface area (Å²) in [5, 5.41) is 4.29. The number of benzene rings is 1. The average Bonchev–Trinajstić information content (AvgIpc) is 2.73. The molecule has 102 valence electrons. The lowest BCUT2D eigenvalue weighted by Gasteiger charge is -2.19. The zero-order valence-corrected chi connectivity index (χ0v) is 13.7. The maximum absolute atomic E-state index is 13.4. The van der Waals surface area contributed by atoms with Crippen LogP contribution < -0.4 is 5.73 Å². The minimum Gasteiger partial charge on any atom is -0.319 e. The number of rotatable bonds is 3. The van der Waals surface area contributed by atoms with Crippen LogP contribution in [-0.2, 0) is 0 Å². The highest BCUT2D eigenvalue weighted by molar-refractivity contribution is 9.10. The van der Waals surface area contributed by atoms with Crippen molar-refractivity contribution in [2.45, 2.75) is 25.9 Å². The Morgan fingerprint density at radius 3 is 2.58 bits per heavy atom. The fourth-order valence-electron chi connectivity index (χ4n) is 1.95. The van der Waals surface area contributed by atoms with Gasteiger partial charge in [0.15, 0.2) is 0 Å². The smallest absolute Gasteiger partial charge is 0.123 e. The van der Waals surface area contributed by atoms with E-state index in [0.29, 0.717) is 5.56 Å². The summed E-state index contributed by atoms with van der Waals surface area (Å²) >= 11 is 6.87. The zero-order chi connectivity index (χ0) is 14.2. The topological polar surface area (TPSA) is 43.8 Å². The molecule has 6 heteroatoms. The fourth-order valence-corrected chi connectivity index (χ4v) is 2.97. The average molecular weight is 391 g/mol. The van der Waals surface area contributed by atoms with Gasteiger partial charge in [0.25, 0.3) is 0 Å². The molecule has 0 fully saturated rings. The van der Waals surface area contributed by atoms with E-state index in [9.17, 15) is 4.39 Å². The predicted molar refractivity (Wildman–Crippen MR) is 80.4 cm³/mol. The molecular weight excluding hydrogens is 377 g/mol. The zero-order valence-electron chi connectivity index (χ0n) is 10.6. The van der Waals surface area contributed by atoms with Crippen molar-refractivity contribution in [2.75, 3.05) is 0 Å². The number of hydrogen-bond acceptors (Lipinski definition) is 2. The van der Waals surface area contributed by atoms with Crippen molar-refractivity contribution in [2.24, 2.45) is 5.73 Å². The molecule has 0 aliphatic rings. The van der Waals surface area contributed by atoms with Crippen LogP contribution in [0.5, 0.6) is 0 Å². The molecule has 1 aromatic heterocycles. The van der Waals surface area contributed by atoms with E-state index in [1.54, 1.807) is 12.3 Å². The SMILES string of the molecule is CC(C)n1ncc(Br)c1C(N)c1cc(F)ccc1Br. The van der Waals surface area contributed by atoms with E-state index in [1.165, 1.54) is 12.1 Å². The molecular formula is C13H14Br2FN3. The standard InChI is InChI=1S/C13H14Br2FN3/c1-7(2)19-13(11(15)6-18-19)12(17)9-5-8(16)3-4-10(9)14/h3-7,12H,17H2,1-2H3. The van der Waals surface area contributed by atoms with Gasteiger partial charge >= 0.3 is 0 Å². The number of aromatic nitrogens is 2. The van der Waals surface area contributed by atoms with Crippen LogP contribution in [0.1, 0.15) is 37.2 Å². The maximum atomic E-state index is 13.4. The Morgan fingerprint density at radius 2 is 1.95 bits per heavy atom. The Labute approximate surface area is 128 Å². The maximum Gasteiger partial charge on any atom is 0.123 e. The molecule has 0 aliphatic carbocycles. The summed E-state index contributed by atoms with van der Waals surface area (Å²) in [6.07, 6.45) is 1.71. The Kier molecular flexibility index (Phi) is 4.43. The predicted octanol–water partition coefficient (Wildman–Crippen LogP) is 4.18. The second kappa shape index (κ2) is 5.73. The highest BCUT2D eigenvalue weighted by atomic mass is 79.9. The monoisotopic (exact) mass is 389 g/mol. The molecule has 2 N–H and O–H groups in total. The van der Waals surface area contributed by atoms with Crippen LogP contribution in [0.15, 0.2) is 33.3 Å². The second-order valence-electron chi connectivity index (χ2n) is 4.56. The molecule has 1 atom stereocenters. The van der Waals surface area contributed by atoms with E-state index in [4.69, 9.17) is 5.73 Å². The summed E-state index contributed by atoms with van der Waals surface area (Å²) in [6.45, 7) is 4.05. The van der Waals surface area contributed by atoms with Gasteiger partial charge in [0.05, 0.1) is 22.4 Å². The van der Waals surface area contributed by atoms with Crippen molar-refractivity contribution in [1.82, 2.24) is 9.78 Å². The quantitative estimate of drug-likeness (QED) is 0.854. The van der Waals surface area contributed by atoms with Gasteiger partial charge in [0, 0.05) is 10.5 Å². The van der Waals surface area contributed by atoms with Gasteiger partial charge in [0.2, 0.25) is 0 Å². The molecule has 0 spiro atoms. The normalized spacial score (nSPS) is 13.0. The van der Waals surface area contributed by atoms with Crippen LogP contribution >= 0.6 is 31.9 Å². The summed E-state index contributed by atoms with van der Waals surface area (Å²) < 4.78 is 16.8. The third kappa shape index (κ3) is 2.90. The van der Waals surface area contributed by atoms with E-state index in [0.717, 1.165) is 14.6 Å². The first kappa shape index (κ1) is 14.7. The van der Waals surface area contributed by atoms with Gasteiger partial charge in [-0.25, -0.2) is 4.39 Å². The largest absolute Gasteiger partial charge is 0.319 e. The summed E-state index contributed by atoms with van der Waals surface area (Å²) in [7, 11) is 0. The number of halogens is 3. The molecule has 0 radical (unpaired) electrons. The lowest BCUT2D eigenvalue weighted by atomic mass is 10.0. The van der Waals surface area contributed by atoms with Gasteiger partial charge in [0.1, 0.15) is 5.82 Å². The Balaban J connectivity index is 2.52. The van der Waals surface area contributed by atoms with Crippen molar-refractivity contribution in [1.29, 1.82) is 0 Å². The van der Waals surface area contributed by atoms with Gasteiger partial charge < -0.3 is 5.73 Å². The molecule has 0 saturated heterocycles. The Hall–Kier alpha value is -0.720. The fraction of sp³-hybridized carbons (Fsp3) is 0.308. The molecule has 0 aliphatic heterocycles. The molecule has 3 nitrogen and oxygen atoms in total. The molecule has 19 heavy (non-hydrogen) atoms. The Morgan fingerprint density at radius 1 is 1.26 bits per heavy atom. The van der Waals surface area contributed by atoms with Crippen molar-refractivity contribution in [3.63, 3.8) is 0 Å². The van der Waals surface area contributed by atoms with E-state index in [2.05, 4.69) is 37.0 Å². The van der Waals surface area contributed by atoms with E-state index >= 15 is 0 Å². The number of hydrogen-bond donors (Lipinski definition) is 1. The van der Waals surface area contributed by atoms with Crippen LogP contribution in [0, 0.1) is 5.82 Å². The van der Waals surface area contributed by atoms with Gasteiger partial charge in [-0.1, -0.05) is 15.9 Å². The molecule has 1 heterocycles. The van der Waals surface area contributed by atoms with Crippen LogP contribution in [0.3, 0.4) is 0 Å². The van der Waals surface area contributed by atoms with Crippen molar-refractivity contribution in [3.05, 3.63) is 50.4 Å². The van der Waals surface area contributed by atoms with Crippen LogP contribution in [0.2, 0.25) is 0 Å². The van der Waals surface area contributed by atoms with Gasteiger partial charge in [-0.2, -0.15) is 5.10 Å². The number of nitrogens with zero attached hydrogens (tertiary/aromatic N) is 2. The van der Waals surface area contributed by atoms with Crippen molar-refractivity contribution >= 4 is 31.9 Å². The Bertz CT molecular complexity index is 596. The highest BCUT2D eigenvalue weighted by Crippen LogP contribution is 2.32. The van der Waals surface area contributed by atoms with E-state index in [1.807, 2.05) is 18.5 Å². The van der Waals surface area contributed by atoms with Crippen LogP contribution in [-0.4, -0.2) is 9.78 Å². The van der Waals surface area contributed by atoms with Gasteiger partial charge in [-0.15, -0.1) is 0 Å². The molecule has 0 saturated carbocycles. The molecule has 1 aromatic carbocycles. The van der Waals surface area contributed by atoms with Gasteiger partial charge in [-0.05, 0) is 53.5 Å².